The zero-order valence-corrected chi connectivity index (χ0v) is 11.5. The first-order valence-electron chi connectivity index (χ1n) is 6.89. The van der Waals surface area contributed by atoms with E-state index in [1.54, 1.807) is 0 Å². The summed E-state index contributed by atoms with van der Waals surface area (Å²) in [4.78, 5) is 14.2. The Morgan fingerprint density at radius 2 is 2.22 bits per heavy atom. The largest absolute Gasteiger partial charge is 0.394 e. The highest BCUT2D eigenvalue weighted by Crippen LogP contribution is 2.11. The van der Waals surface area contributed by atoms with E-state index in [9.17, 15) is 4.79 Å². The van der Waals surface area contributed by atoms with Gasteiger partial charge in [-0.2, -0.15) is 0 Å². The number of nitrogens with zero attached hydrogens (tertiary/aromatic N) is 1. The number of carbonyl (C=O) groups excluding carboxylic acids is 1. The van der Waals surface area contributed by atoms with Crippen molar-refractivity contribution in [3.8, 4) is 0 Å². The van der Waals surface area contributed by atoms with E-state index < -0.39 is 0 Å². The van der Waals surface area contributed by atoms with Crippen molar-refractivity contribution in [2.24, 2.45) is 0 Å². The molecule has 0 saturated carbocycles. The van der Waals surface area contributed by atoms with Crippen molar-refractivity contribution in [3.63, 3.8) is 0 Å². The van der Waals surface area contributed by atoms with Crippen LogP contribution in [0.4, 0.5) is 0 Å². The monoisotopic (exact) mass is 258 g/mol. The third-order valence-electron chi connectivity index (χ3n) is 3.23. The Morgan fingerprint density at radius 3 is 2.78 bits per heavy atom. The van der Waals surface area contributed by atoms with Crippen molar-refractivity contribution in [2.45, 2.75) is 45.2 Å². The Kier molecular flexibility index (Phi) is 7.23. The Hall–Kier alpha value is -0.650. The van der Waals surface area contributed by atoms with E-state index >= 15 is 0 Å². The minimum Gasteiger partial charge on any atom is -0.394 e. The zero-order valence-electron chi connectivity index (χ0n) is 11.5. The summed E-state index contributed by atoms with van der Waals surface area (Å²) in [7, 11) is 0. The lowest BCUT2D eigenvalue weighted by atomic mass is 10.0. The highest BCUT2D eigenvalue weighted by Gasteiger charge is 2.26. The van der Waals surface area contributed by atoms with E-state index in [0.29, 0.717) is 19.8 Å². The Bertz CT molecular complexity index is 240. The number of nitrogens with one attached hydrogen (secondary N) is 1. The van der Waals surface area contributed by atoms with Crippen LogP contribution in [-0.2, 0) is 9.53 Å². The van der Waals surface area contributed by atoms with E-state index in [1.807, 2.05) is 18.7 Å². The van der Waals surface area contributed by atoms with Crippen LogP contribution in [0.25, 0.3) is 0 Å². The number of hydrogen-bond acceptors (Lipinski definition) is 4. The van der Waals surface area contributed by atoms with Crippen LogP contribution >= 0.6 is 0 Å². The maximum Gasteiger partial charge on any atom is 0.240 e. The van der Waals surface area contributed by atoms with Gasteiger partial charge in [0.1, 0.15) is 0 Å². The van der Waals surface area contributed by atoms with E-state index in [1.165, 1.54) is 0 Å². The SMILES string of the molecule is CC(C)N(CCOCCO)C(=O)C1CCCCN1. The predicted octanol–water partition coefficient (Wildman–Crippen LogP) is 0.374. The average Bonchev–Trinajstić information content (AvgIpc) is 2.39. The molecule has 0 spiro atoms. The summed E-state index contributed by atoms with van der Waals surface area (Å²) in [5.74, 6) is 0.178. The molecule has 1 heterocycles. The van der Waals surface area contributed by atoms with Crippen LogP contribution in [0.3, 0.4) is 0 Å². The molecule has 0 aromatic rings. The molecule has 1 unspecified atom stereocenters. The molecule has 1 aliphatic heterocycles. The highest BCUT2D eigenvalue weighted by atomic mass is 16.5. The number of aliphatic hydroxyl groups is 1. The molecule has 5 heteroatoms. The van der Waals surface area contributed by atoms with Crippen LogP contribution in [0.15, 0.2) is 0 Å². The number of amides is 1. The van der Waals surface area contributed by atoms with Crippen molar-refractivity contribution in [2.75, 3.05) is 32.9 Å². The molecule has 5 nitrogen and oxygen atoms in total. The summed E-state index contributed by atoms with van der Waals surface area (Å²) in [5, 5.41) is 11.9. The summed E-state index contributed by atoms with van der Waals surface area (Å²) in [6, 6.07) is 0.151. The minimum absolute atomic E-state index is 0.0276. The van der Waals surface area contributed by atoms with Gasteiger partial charge < -0.3 is 20.1 Å². The fourth-order valence-corrected chi connectivity index (χ4v) is 2.22. The lowest BCUT2D eigenvalue weighted by Gasteiger charge is -2.32. The van der Waals surface area contributed by atoms with Crippen molar-refractivity contribution in [1.82, 2.24) is 10.2 Å². The van der Waals surface area contributed by atoms with Gasteiger partial charge in [0.25, 0.3) is 0 Å². The summed E-state index contributed by atoms with van der Waals surface area (Å²) in [5.41, 5.74) is 0. The molecule has 1 aliphatic rings. The normalized spacial score (nSPS) is 20.1. The molecule has 0 aliphatic carbocycles. The molecular weight excluding hydrogens is 232 g/mol. The minimum atomic E-state index is -0.0287. The molecule has 1 atom stereocenters. The van der Waals surface area contributed by atoms with Gasteiger partial charge in [0.2, 0.25) is 5.91 Å². The fraction of sp³-hybridized carbons (Fsp3) is 0.923. The van der Waals surface area contributed by atoms with Gasteiger partial charge in [-0.3, -0.25) is 4.79 Å². The number of hydrogen-bond donors (Lipinski definition) is 2. The molecular formula is C13H26N2O3. The average molecular weight is 258 g/mol. The number of aliphatic hydroxyl groups excluding tert-OH is 1. The quantitative estimate of drug-likeness (QED) is 0.648. The van der Waals surface area contributed by atoms with E-state index in [0.717, 1.165) is 25.8 Å². The second-order valence-electron chi connectivity index (χ2n) is 4.96. The van der Waals surface area contributed by atoms with Crippen molar-refractivity contribution in [3.05, 3.63) is 0 Å². The molecule has 2 N–H and O–H groups in total. The van der Waals surface area contributed by atoms with E-state index in [2.05, 4.69) is 5.32 Å². The number of ether oxygens (including phenoxy) is 1. The first-order chi connectivity index (χ1) is 8.66. The van der Waals surface area contributed by atoms with Crippen LogP contribution in [0.2, 0.25) is 0 Å². The molecule has 0 aromatic heterocycles. The summed E-state index contributed by atoms with van der Waals surface area (Å²) >= 11 is 0. The van der Waals surface area contributed by atoms with E-state index in [-0.39, 0.29) is 24.6 Å². The zero-order chi connectivity index (χ0) is 13.4. The van der Waals surface area contributed by atoms with Crippen LogP contribution in [0, 0.1) is 0 Å². The molecule has 1 saturated heterocycles. The third kappa shape index (κ3) is 4.92. The molecule has 0 bridgehead atoms. The molecule has 0 aromatic carbocycles. The predicted molar refractivity (Wildman–Crippen MR) is 70.4 cm³/mol. The third-order valence-corrected chi connectivity index (χ3v) is 3.23. The standard InChI is InChI=1S/C13H26N2O3/c1-11(2)15(7-9-18-10-8-16)13(17)12-5-3-4-6-14-12/h11-12,14,16H,3-10H2,1-2H3. The molecule has 1 amide bonds. The van der Waals surface area contributed by atoms with Crippen LogP contribution in [0.5, 0.6) is 0 Å². The van der Waals surface area contributed by atoms with Gasteiger partial charge in [-0.1, -0.05) is 6.42 Å². The number of carbonyl (C=O) groups is 1. The molecule has 0 radical (unpaired) electrons. The van der Waals surface area contributed by atoms with Crippen LogP contribution in [-0.4, -0.2) is 60.9 Å². The first kappa shape index (κ1) is 15.4. The van der Waals surface area contributed by atoms with Gasteiger partial charge in [0.05, 0.1) is 25.9 Å². The van der Waals surface area contributed by atoms with Crippen molar-refractivity contribution >= 4 is 5.91 Å². The van der Waals surface area contributed by atoms with Gasteiger partial charge in [-0.15, -0.1) is 0 Å². The second kappa shape index (κ2) is 8.45. The molecule has 18 heavy (non-hydrogen) atoms. The Balaban J connectivity index is 2.41. The summed E-state index contributed by atoms with van der Waals surface area (Å²) in [6.45, 7) is 6.41. The smallest absolute Gasteiger partial charge is 0.240 e. The number of piperidine rings is 1. The Labute approximate surface area is 109 Å². The van der Waals surface area contributed by atoms with Gasteiger partial charge in [0.15, 0.2) is 0 Å². The maximum atomic E-state index is 12.4. The second-order valence-corrected chi connectivity index (χ2v) is 4.96. The lowest BCUT2D eigenvalue weighted by molar-refractivity contribution is -0.136. The highest BCUT2D eigenvalue weighted by molar-refractivity contribution is 5.82. The first-order valence-corrected chi connectivity index (χ1v) is 6.89. The fourth-order valence-electron chi connectivity index (χ4n) is 2.22. The van der Waals surface area contributed by atoms with Crippen molar-refractivity contribution < 1.29 is 14.6 Å². The van der Waals surface area contributed by atoms with Gasteiger partial charge in [-0.25, -0.2) is 0 Å². The molecule has 1 fully saturated rings. The van der Waals surface area contributed by atoms with Crippen molar-refractivity contribution in [1.29, 1.82) is 0 Å². The maximum absolute atomic E-state index is 12.4. The summed E-state index contributed by atoms with van der Waals surface area (Å²) in [6.07, 6.45) is 3.21. The van der Waals surface area contributed by atoms with E-state index in [4.69, 9.17) is 9.84 Å². The number of rotatable bonds is 7. The molecule has 106 valence electrons. The van der Waals surface area contributed by atoms with Crippen LogP contribution < -0.4 is 5.32 Å². The summed E-state index contributed by atoms with van der Waals surface area (Å²) < 4.78 is 5.24. The molecule has 1 rings (SSSR count). The van der Waals surface area contributed by atoms with Gasteiger partial charge in [0, 0.05) is 12.6 Å². The Morgan fingerprint density at radius 1 is 1.44 bits per heavy atom. The van der Waals surface area contributed by atoms with Crippen LogP contribution in [0.1, 0.15) is 33.1 Å². The van der Waals surface area contributed by atoms with Gasteiger partial charge >= 0.3 is 0 Å². The lowest BCUT2D eigenvalue weighted by Crippen LogP contribution is -2.51. The van der Waals surface area contributed by atoms with Gasteiger partial charge in [-0.05, 0) is 33.2 Å². The topological polar surface area (TPSA) is 61.8 Å².